The minimum absolute atomic E-state index is 0.00449. The van der Waals surface area contributed by atoms with Gasteiger partial charge in [0.15, 0.2) is 3.95 Å². The van der Waals surface area contributed by atoms with E-state index in [4.69, 9.17) is 12.2 Å². The maximum absolute atomic E-state index is 10.8. The molecule has 0 atom stereocenters. The number of fused-ring (bicyclic) bond motifs is 1. The van der Waals surface area contributed by atoms with Crippen molar-refractivity contribution in [2.24, 2.45) is 4.99 Å². The second kappa shape index (κ2) is 7.14. The standard InChI is InChI=1S/C20H15N3O3S2/c1-2-12-4-3-5-16-13(11-21-18(12)16)10-17-19(24)22(20(27)28-17)14-6-8-15(9-7-14)23(25)26/h3-11,24H,2H2,1H3. The summed E-state index contributed by atoms with van der Waals surface area (Å²) in [7, 11) is 0. The molecule has 0 unspecified atom stereocenters. The van der Waals surface area contributed by atoms with E-state index < -0.39 is 4.92 Å². The number of aromatic hydroxyl groups is 1. The summed E-state index contributed by atoms with van der Waals surface area (Å²) >= 11 is 6.68. The zero-order chi connectivity index (χ0) is 19.8. The van der Waals surface area contributed by atoms with E-state index >= 15 is 0 Å². The van der Waals surface area contributed by atoms with E-state index in [1.807, 2.05) is 18.2 Å². The van der Waals surface area contributed by atoms with Crippen molar-refractivity contribution in [2.45, 2.75) is 13.3 Å². The van der Waals surface area contributed by atoms with Gasteiger partial charge in [0.05, 0.1) is 21.2 Å². The van der Waals surface area contributed by atoms with Crippen molar-refractivity contribution in [3.63, 3.8) is 0 Å². The maximum Gasteiger partial charge on any atom is 0.269 e. The van der Waals surface area contributed by atoms with Crippen LogP contribution in [0.5, 0.6) is 5.88 Å². The monoisotopic (exact) mass is 409 g/mol. The van der Waals surface area contributed by atoms with E-state index in [0.29, 0.717) is 14.5 Å². The molecule has 0 saturated carbocycles. The van der Waals surface area contributed by atoms with Crippen molar-refractivity contribution in [2.75, 3.05) is 0 Å². The molecule has 8 heteroatoms. The lowest BCUT2D eigenvalue weighted by molar-refractivity contribution is -0.384. The first kappa shape index (κ1) is 18.3. The summed E-state index contributed by atoms with van der Waals surface area (Å²) in [5.41, 5.74) is 4.64. The van der Waals surface area contributed by atoms with Crippen LogP contribution in [0.1, 0.15) is 22.9 Å². The van der Waals surface area contributed by atoms with E-state index in [1.165, 1.54) is 33.6 Å². The van der Waals surface area contributed by atoms with E-state index in [0.717, 1.165) is 23.2 Å². The third-order valence-electron chi connectivity index (χ3n) is 4.56. The number of allylic oxidation sites excluding steroid dienone is 1. The van der Waals surface area contributed by atoms with Crippen LogP contribution in [-0.2, 0) is 6.42 Å². The SMILES string of the molecule is CCc1cccc2c1N=CC2=Cc1sc(=S)n(-c2ccc([N+](=O)[O-])cc2)c1O. The average molecular weight is 409 g/mol. The third-order valence-corrected chi connectivity index (χ3v) is 5.87. The van der Waals surface area contributed by atoms with Gasteiger partial charge < -0.3 is 5.11 Å². The highest BCUT2D eigenvalue weighted by atomic mass is 32.1. The molecule has 0 saturated heterocycles. The maximum atomic E-state index is 10.8. The van der Waals surface area contributed by atoms with Gasteiger partial charge in [-0.3, -0.25) is 19.7 Å². The van der Waals surface area contributed by atoms with E-state index in [-0.39, 0.29) is 11.6 Å². The molecule has 1 aliphatic rings. The molecule has 1 aromatic heterocycles. The number of hydrogen-bond donors (Lipinski definition) is 1. The van der Waals surface area contributed by atoms with E-state index in [9.17, 15) is 15.2 Å². The number of para-hydroxylation sites is 1. The summed E-state index contributed by atoms with van der Waals surface area (Å²) in [4.78, 5) is 15.5. The van der Waals surface area contributed by atoms with Crippen molar-refractivity contribution >= 4 is 52.8 Å². The lowest BCUT2D eigenvalue weighted by Crippen LogP contribution is -1.94. The van der Waals surface area contributed by atoms with Crippen LogP contribution in [0.2, 0.25) is 0 Å². The summed E-state index contributed by atoms with van der Waals surface area (Å²) in [6.07, 6.45) is 4.56. The van der Waals surface area contributed by atoms with Crippen LogP contribution in [0.15, 0.2) is 47.5 Å². The number of nitro groups is 1. The van der Waals surface area contributed by atoms with Gasteiger partial charge in [0.2, 0.25) is 5.88 Å². The van der Waals surface area contributed by atoms with Gasteiger partial charge in [-0.2, -0.15) is 0 Å². The molecular formula is C20H15N3O3S2. The second-order valence-electron chi connectivity index (χ2n) is 6.19. The largest absolute Gasteiger partial charge is 0.493 e. The third kappa shape index (κ3) is 3.06. The number of non-ortho nitro benzene ring substituents is 1. The average Bonchev–Trinajstić information content (AvgIpc) is 3.22. The van der Waals surface area contributed by atoms with Gasteiger partial charge in [0, 0.05) is 29.5 Å². The minimum Gasteiger partial charge on any atom is -0.493 e. The summed E-state index contributed by atoms with van der Waals surface area (Å²) in [5, 5.41) is 21.6. The molecule has 6 nitrogen and oxygen atoms in total. The molecule has 0 bridgehead atoms. The second-order valence-corrected chi connectivity index (χ2v) is 7.87. The normalized spacial score (nSPS) is 13.8. The highest BCUT2D eigenvalue weighted by Crippen LogP contribution is 2.38. The fraction of sp³-hybridized carbons (Fsp3) is 0.100. The Morgan fingerprint density at radius 1 is 1.29 bits per heavy atom. The summed E-state index contributed by atoms with van der Waals surface area (Å²) in [6.45, 7) is 2.09. The van der Waals surface area contributed by atoms with Crippen LogP contribution in [0.25, 0.3) is 17.3 Å². The van der Waals surface area contributed by atoms with Crippen LogP contribution < -0.4 is 0 Å². The molecule has 0 amide bonds. The molecule has 2 aromatic carbocycles. The first-order chi connectivity index (χ1) is 13.5. The van der Waals surface area contributed by atoms with Gasteiger partial charge >= 0.3 is 0 Å². The van der Waals surface area contributed by atoms with Gasteiger partial charge in [-0.1, -0.05) is 25.1 Å². The van der Waals surface area contributed by atoms with Crippen molar-refractivity contribution in [1.82, 2.24) is 4.57 Å². The highest BCUT2D eigenvalue weighted by molar-refractivity contribution is 7.73. The number of nitro benzene ring substituents is 1. The zero-order valence-corrected chi connectivity index (χ0v) is 16.5. The van der Waals surface area contributed by atoms with Gasteiger partial charge in [0.25, 0.3) is 5.69 Å². The van der Waals surface area contributed by atoms with Crippen LogP contribution >= 0.6 is 23.6 Å². The fourth-order valence-corrected chi connectivity index (χ4v) is 4.45. The molecule has 0 radical (unpaired) electrons. The van der Waals surface area contributed by atoms with Gasteiger partial charge in [0.1, 0.15) is 0 Å². The van der Waals surface area contributed by atoms with Gasteiger partial charge in [-0.05, 0) is 42.4 Å². The molecule has 28 heavy (non-hydrogen) atoms. The number of nitrogens with zero attached hydrogens (tertiary/aromatic N) is 3. The van der Waals surface area contributed by atoms with Gasteiger partial charge in [-0.15, -0.1) is 11.3 Å². The minimum atomic E-state index is -0.464. The Balaban J connectivity index is 1.76. The Morgan fingerprint density at radius 3 is 2.71 bits per heavy atom. The lowest BCUT2D eigenvalue weighted by Gasteiger charge is -2.05. The van der Waals surface area contributed by atoms with Crippen LogP contribution in [-0.4, -0.2) is 20.8 Å². The van der Waals surface area contributed by atoms with Crippen LogP contribution in [0.4, 0.5) is 11.4 Å². The number of benzene rings is 2. The van der Waals surface area contributed by atoms with E-state index in [2.05, 4.69) is 18.0 Å². The molecule has 1 aliphatic heterocycles. The molecule has 0 aliphatic carbocycles. The predicted octanol–water partition coefficient (Wildman–Crippen LogP) is 5.70. The predicted molar refractivity (Wildman–Crippen MR) is 115 cm³/mol. The first-order valence-electron chi connectivity index (χ1n) is 8.57. The van der Waals surface area contributed by atoms with Crippen molar-refractivity contribution in [3.05, 3.63) is 72.5 Å². The smallest absolute Gasteiger partial charge is 0.269 e. The number of aromatic nitrogens is 1. The van der Waals surface area contributed by atoms with Crippen molar-refractivity contribution < 1.29 is 10.0 Å². The Labute approximate surface area is 169 Å². The number of rotatable bonds is 4. The van der Waals surface area contributed by atoms with Crippen LogP contribution in [0.3, 0.4) is 0 Å². The number of aryl methyl sites for hydroxylation is 1. The molecule has 2 heterocycles. The Morgan fingerprint density at radius 2 is 2.04 bits per heavy atom. The Kier molecular flexibility index (Phi) is 4.66. The van der Waals surface area contributed by atoms with Crippen molar-refractivity contribution in [3.8, 4) is 11.6 Å². The Hall–Kier alpha value is -3.10. The summed E-state index contributed by atoms with van der Waals surface area (Å²) in [6, 6.07) is 12.0. The lowest BCUT2D eigenvalue weighted by atomic mass is 10.0. The highest BCUT2D eigenvalue weighted by Gasteiger charge is 2.18. The summed E-state index contributed by atoms with van der Waals surface area (Å²) in [5.74, 6) is 0.00449. The fourth-order valence-electron chi connectivity index (χ4n) is 3.15. The summed E-state index contributed by atoms with van der Waals surface area (Å²) < 4.78 is 1.96. The number of thiazole rings is 1. The number of hydrogen-bond acceptors (Lipinski definition) is 6. The van der Waals surface area contributed by atoms with Gasteiger partial charge in [-0.25, -0.2) is 0 Å². The molecule has 3 aromatic rings. The number of aliphatic imine (C=N–C) groups is 1. The molecule has 0 fully saturated rings. The van der Waals surface area contributed by atoms with E-state index in [1.54, 1.807) is 18.3 Å². The zero-order valence-electron chi connectivity index (χ0n) is 14.8. The Bertz CT molecular complexity index is 1200. The van der Waals surface area contributed by atoms with Crippen molar-refractivity contribution in [1.29, 1.82) is 0 Å². The quantitative estimate of drug-likeness (QED) is 0.340. The molecule has 4 rings (SSSR count). The molecule has 0 spiro atoms. The van der Waals surface area contributed by atoms with Crippen LogP contribution in [0, 0.1) is 14.1 Å². The first-order valence-corrected chi connectivity index (χ1v) is 9.79. The molecule has 1 N–H and O–H groups in total. The topological polar surface area (TPSA) is 80.7 Å². The molecule has 140 valence electrons. The molecular weight excluding hydrogens is 394 g/mol.